The third-order valence-corrected chi connectivity index (χ3v) is 5.70. The Kier molecular flexibility index (Phi) is 6.39. The number of carbonyl (C=O) groups is 1. The smallest absolute Gasteiger partial charge is 0.246 e. The van der Waals surface area contributed by atoms with Crippen LogP contribution in [0.4, 0.5) is 11.6 Å². The maximum atomic E-state index is 12.4. The highest BCUT2D eigenvalue weighted by Crippen LogP contribution is 2.19. The lowest BCUT2D eigenvalue weighted by molar-refractivity contribution is -0.126. The molecule has 2 aliphatic rings. The Morgan fingerprint density at radius 2 is 1.31 bits per heavy atom. The van der Waals surface area contributed by atoms with Gasteiger partial charge in [-0.05, 0) is 36.6 Å². The maximum Gasteiger partial charge on any atom is 0.246 e. The van der Waals surface area contributed by atoms with Crippen molar-refractivity contribution in [1.29, 1.82) is 0 Å². The van der Waals surface area contributed by atoms with E-state index in [0.29, 0.717) is 13.1 Å². The third-order valence-electron chi connectivity index (χ3n) is 5.70. The van der Waals surface area contributed by atoms with Gasteiger partial charge in [-0.15, -0.1) is 10.2 Å². The number of nitrogens with zero attached hydrogens (tertiary/aromatic N) is 5. The Hall–Kier alpha value is -2.89. The minimum Gasteiger partial charge on any atom is -0.355 e. The van der Waals surface area contributed by atoms with Crippen molar-refractivity contribution in [2.45, 2.75) is 25.7 Å². The Labute approximate surface area is 172 Å². The second-order valence-electron chi connectivity index (χ2n) is 7.71. The summed E-state index contributed by atoms with van der Waals surface area (Å²) in [6.45, 7) is 5.11. The molecule has 0 radical (unpaired) electrons. The van der Waals surface area contributed by atoms with Gasteiger partial charge in [-0.2, -0.15) is 0 Å². The SMILES string of the molecule is O=C(/C=C/c1ccccc1)N1CCN(c2ccc(N3CCCCCC3)nn2)CC1. The molecular weight excluding hydrogens is 362 g/mol. The number of carbonyl (C=O) groups excluding carboxylic acids is 1. The fourth-order valence-electron chi connectivity index (χ4n) is 3.95. The van der Waals surface area contributed by atoms with Crippen LogP contribution in [-0.2, 0) is 4.79 Å². The molecule has 2 aromatic rings. The van der Waals surface area contributed by atoms with Gasteiger partial charge >= 0.3 is 0 Å². The van der Waals surface area contributed by atoms with E-state index < -0.39 is 0 Å². The number of anilines is 2. The first-order valence-corrected chi connectivity index (χ1v) is 10.7. The van der Waals surface area contributed by atoms with E-state index in [1.54, 1.807) is 6.08 Å². The van der Waals surface area contributed by atoms with Gasteiger partial charge in [-0.3, -0.25) is 4.79 Å². The molecule has 0 saturated carbocycles. The van der Waals surface area contributed by atoms with Crippen LogP contribution in [0, 0.1) is 0 Å². The Morgan fingerprint density at radius 1 is 0.724 bits per heavy atom. The molecule has 2 aliphatic heterocycles. The average molecular weight is 392 g/mol. The lowest BCUT2D eigenvalue weighted by Crippen LogP contribution is -2.48. The molecular formula is C23H29N5O. The minimum absolute atomic E-state index is 0.0658. The quantitative estimate of drug-likeness (QED) is 0.749. The summed E-state index contributed by atoms with van der Waals surface area (Å²) < 4.78 is 0. The van der Waals surface area contributed by atoms with Crippen molar-refractivity contribution in [2.24, 2.45) is 0 Å². The molecule has 2 fully saturated rings. The fraction of sp³-hybridized carbons (Fsp3) is 0.435. The second kappa shape index (κ2) is 9.54. The van der Waals surface area contributed by atoms with Gasteiger partial charge in [0.05, 0.1) is 0 Å². The largest absolute Gasteiger partial charge is 0.355 e. The van der Waals surface area contributed by atoms with E-state index >= 15 is 0 Å². The normalized spacial score (nSPS) is 18.1. The number of benzene rings is 1. The molecule has 0 spiro atoms. The van der Waals surface area contributed by atoms with Crippen LogP contribution in [0.5, 0.6) is 0 Å². The average Bonchev–Trinajstić information content (AvgIpc) is 3.08. The van der Waals surface area contributed by atoms with Crippen molar-refractivity contribution in [1.82, 2.24) is 15.1 Å². The van der Waals surface area contributed by atoms with Gasteiger partial charge < -0.3 is 14.7 Å². The zero-order valence-corrected chi connectivity index (χ0v) is 16.9. The van der Waals surface area contributed by atoms with Crippen molar-refractivity contribution in [3.05, 3.63) is 54.1 Å². The van der Waals surface area contributed by atoms with Gasteiger partial charge in [0.1, 0.15) is 0 Å². The monoisotopic (exact) mass is 391 g/mol. The third kappa shape index (κ3) is 5.13. The molecule has 0 N–H and O–H groups in total. The van der Waals surface area contributed by atoms with Crippen LogP contribution < -0.4 is 9.80 Å². The molecule has 1 amide bonds. The molecule has 0 unspecified atom stereocenters. The molecule has 0 bridgehead atoms. The number of rotatable bonds is 4. The standard InChI is InChI=1S/C23H29N5O/c29-23(13-10-20-8-4-3-5-9-20)28-18-16-27(17-19-28)22-12-11-21(24-25-22)26-14-6-1-2-7-15-26/h3-5,8-13H,1-2,6-7,14-19H2/b13-10+. The predicted molar refractivity (Wildman–Crippen MR) is 117 cm³/mol. The van der Waals surface area contributed by atoms with Crippen molar-refractivity contribution < 1.29 is 4.79 Å². The van der Waals surface area contributed by atoms with Gasteiger partial charge in [0, 0.05) is 45.3 Å². The van der Waals surface area contributed by atoms with Crippen LogP contribution in [0.15, 0.2) is 48.5 Å². The lowest BCUT2D eigenvalue weighted by atomic mass is 10.2. The number of hydrogen-bond donors (Lipinski definition) is 0. The molecule has 4 rings (SSSR count). The van der Waals surface area contributed by atoms with Crippen LogP contribution in [-0.4, -0.2) is 60.3 Å². The summed E-state index contributed by atoms with van der Waals surface area (Å²) in [5.41, 5.74) is 1.04. The molecule has 6 nitrogen and oxygen atoms in total. The van der Waals surface area contributed by atoms with E-state index in [0.717, 1.165) is 43.4 Å². The Bertz CT molecular complexity index is 805. The number of aromatic nitrogens is 2. The number of amides is 1. The van der Waals surface area contributed by atoms with Gasteiger partial charge in [0.15, 0.2) is 11.6 Å². The van der Waals surface area contributed by atoms with Crippen molar-refractivity contribution in [2.75, 3.05) is 49.1 Å². The van der Waals surface area contributed by atoms with Crippen LogP contribution >= 0.6 is 0 Å². The molecule has 0 atom stereocenters. The summed E-state index contributed by atoms with van der Waals surface area (Å²) in [5, 5.41) is 8.95. The van der Waals surface area contributed by atoms with E-state index in [-0.39, 0.29) is 5.91 Å². The zero-order chi connectivity index (χ0) is 19.9. The van der Waals surface area contributed by atoms with Gasteiger partial charge in [-0.25, -0.2) is 0 Å². The topological polar surface area (TPSA) is 52.6 Å². The van der Waals surface area contributed by atoms with Gasteiger partial charge in [0.25, 0.3) is 0 Å². The Balaban J connectivity index is 1.30. The molecule has 1 aromatic carbocycles. The number of piperazine rings is 1. The second-order valence-corrected chi connectivity index (χ2v) is 7.71. The molecule has 3 heterocycles. The predicted octanol–water partition coefficient (Wildman–Crippen LogP) is 3.22. The van der Waals surface area contributed by atoms with Crippen molar-refractivity contribution in [3.63, 3.8) is 0 Å². The highest BCUT2D eigenvalue weighted by atomic mass is 16.2. The first-order chi connectivity index (χ1) is 14.3. The van der Waals surface area contributed by atoms with E-state index in [1.165, 1.54) is 25.7 Å². The molecule has 0 aliphatic carbocycles. The molecule has 6 heteroatoms. The highest BCUT2D eigenvalue weighted by molar-refractivity contribution is 5.91. The first-order valence-electron chi connectivity index (χ1n) is 10.7. The van der Waals surface area contributed by atoms with Crippen molar-refractivity contribution >= 4 is 23.6 Å². The lowest BCUT2D eigenvalue weighted by Gasteiger charge is -2.34. The molecule has 1 aromatic heterocycles. The molecule has 29 heavy (non-hydrogen) atoms. The van der Waals surface area contributed by atoms with Crippen LogP contribution in [0.2, 0.25) is 0 Å². The summed E-state index contributed by atoms with van der Waals surface area (Å²) in [6, 6.07) is 14.1. The Morgan fingerprint density at radius 3 is 1.90 bits per heavy atom. The first kappa shape index (κ1) is 19.4. The van der Waals surface area contributed by atoms with Gasteiger partial charge in [0.2, 0.25) is 5.91 Å². The van der Waals surface area contributed by atoms with Crippen molar-refractivity contribution in [3.8, 4) is 0 Å². The summed E-state index contributed by atoms with van der Waals surface area (Å²) in [7, 11) is 0. The van der Waals surface area contributed by atoms with E-state index in [1.807, 2.05) is 41.3 Å². The van der Waals surface area contributed by atoms with Crippen LogP contribution in [0.3, 0.4) is 0 Å². The summed E-state index contributed by atoms with van der Waals surface area (Å²) in [6.07, 6.45) is 8.63. The van der Waals surface area contributed by atoms with Crippen LogP contribution in [0.25, 0.3) is 6.08 Å². The summed E-state index contributed by atoms with van der Waals surface area (Å²) >= 11 is 0. The minimum atomic E-state index is 0.0658. The van der Waals surface area contributed by atoms with Crippen LogP contribution in [0.1, 0.15) is 31.2 Å². The van der Waals surface area contributed by atoms with Gasteiger partial charge in [-0.1, -0.05) is 43.2 Å². The fourth-order valence-corrected chi connectivity index (χ4v) is 3.95. The van der Waals surface area contributed by atoms with E-state index in [4.69, 9.17) is 0 Å². The number of hydrogen-bond acceptors (Lipinski definition) is 5. The highest BCUT2D eigenvalue weighted by Gasteiger charge is 2.21. The molecule has 2 saturated heterocycles. The van der Waals surface area contributed by atoms with E-state index in [9.17, 15) is 4.79 Å². The summed E-state index contributed by atoms with van der Waals surface area (Å²) in [5.74, 6) is 1.95. The molecule has 152 valence electrons. The zero-order valence-electron chi connectivity index (χ0n) is 16.9. The van der Waals surface area contributed by atoms with E-state index in [2.05, 4.69) is 32.1 Å². The maximum absolute atomic E-state index is 12.4. The summed E-state index contributed by atoms with van der Waals surface area (Å²) in [4.78, 5) is 18.9.